The number of hydrogen-bond donors (Lipinski definition) is 1. The van der Waals surface area contributed by atoms with Crippen molar-refractivity contribution in [2.75, 3.05) is 18.2 Å². The number of aromatic nitrogens is 3. The van der Waals surface area contributed by atoms with Gasteiger partial charge in [-0.15, -0.1) is 10.2 Å². The van der Waals surface area contributed by atoms with Gasteiger partial charge in [0.25, 0.3) is 0 Å². The highest BCUT2D eigenvalue weighted by molar-refractivity contribution is 9.10. The summed E-state index contributed by atoms with van der Waals surface area (Å²) in [5.74, 6) is 2.00. The largest absolute Gasteiger partial charge is 0.497 e. The SMILES string of the molecule is COc1ccc(CCCc2nnc(SCC(=O)Nc3cccc(Br)c3)n2C)cc1. The van der Waals surface area contributed by atoms with Crippen LogP contribution in [0, 0.1) is 0 Å². The minimum absolute atomic E-state index is 0.0721. The molecule has 0 saturated heterocycles. The highest BCUT2D eigenvalue weighted by Gasteiger charge is 2.12. The number of carbonyl (C=O) groups excluding carboxylic acids is 1. The van der Waals surface area contributed by atoms with Crippen LogP contribution in [0.3, 0.4) is 0 Å². The second kappa shape index (κ2) is 10.5. The minimum Gasteiger partial charge on any atom is -0.497 e. The molecule has 0 atom stereocenters. The smallest absolute Gasteiger partial charge is 0.234 e. The Kier molecular flexibility index (Phi) is 7.71. The van der Waals surface area contributed by atoms with Crippen molar-refractivity contribution < 1.29 is 9.53 Å². The van der Waals surface area contributed by atoms with Gasteiger partial charge < -0.3 is 14.6 Å². The molecule has 0 aliphatic heterocycles. The summed E-state index contributed by atoms with van der Waals surface area (Å²) in [6.45, 7) is 0. The van der Waals surface area contributed by atoms with Crippen molar-refractivity contribution in [1.29, 1.82) is 0 Å². The number of amides is 1. The van der Waals surface area contributed by atoms with E-state index in [4.69, 9.17) is 4.74 Å². The monoisotopic (exact) mass is 474 g/mol. The van der Waals surface area contributed by atoms with Crippen LogP contribution in [-0.2, 0) is 24.7 Å². The number of methoxy groups -OCH3 is 1. The Bertz CT molecular complexity index is 960. The van der Waals surface area contributed by atoms with Gasteiger partial charge in [0.15, 0.2) is 5.16 Å². The van der Waals surface area contributed by atoms with E-state index < -0.39 is 0 Å². The van der Waals surface area contributed by atoms with Crippen molar-refractivity contribution in [3.8, 4) is 5.75 Å². The van der Waals surface area contributed by atoms with E-state index >= 15 is 0 Å². The molecule has 0 radical (unpaired) electrons. The first kappa shape index (κ1) is 21.4. The second-order valence-corrected chi connectivity index (χ2v) is 8.36. The second-order valence-electron chi connectivity index (χ2n) is 6.51. The van der Waals surface area contributed by atoms with E-state index in [1.54, 1.807) is 7.11 Å². The number of halogens is 1. The number of aryl methyl sites for hydroxylation is 2. The Hall–Kier alpha value is -2.32. The summed E-state index contributed by atoms with van der Waals surface area (Å²) >= 11 is 4.78. The Morgan fingerprint density at radius 3 is 2.69 bits per heavy atom. The molecule has 0 unspecified atom stereocenters. The predicted octanol–water partition coefficient (Wildman–Crippen LogP) is 4.49. The lowest BCUT2D eigenvalue weighted by molar-refractivity contribution is -0.113. The van der Waals surface area contributed by atoms with Gasteiger partial charge in [-0.2, -0.15) is 0 Å². The maximum Gasteiger partial charge on any atom is 0.234 e. The molecule has 29 heavy (non-hydrogen) atoms. The number of carbonyl (C=O) groups is 1. The van der Waals surface area contributed by atoms with Crippen LogP contribution in [0.15, 0.2) is 58.2 Å². The first-order valence-electron chi connectivity index (χ1n) is 9.24. The predicted molar refractivity (Wildman–Crippen MR) is 120 cm³/mol. The molecule has 0 aliphatic rings. The van der Waals surface area contributed by atoms with Crippen molar-refractivity contribution >= 4 is 39.3 Å². The van der Waals surface area contributed by atoms with Crippen LogP contribution in [0.1, 0.15) is 17.8 Å². The van der Waals surface area contributed by atoms with E-state index in [9.17, 15) is 4.79 Å². The third-order valence-corrected chi connectivity index (χ3v) is 5.90. The van der Waals surface area contributed by atoms with Crippen LogP contribution >= 0.6 is 27.7 Å². The van der Waals surface area contributed by atoms with Gasteiger partial charge >= 0.3 is 0 Å². The molecule has 1 amide bonds. The number of benzene rings is 2. The summed E-state index contributed by atoms with van der Waals surface area (Å²) in [4.78, 5) is 12.2. The maximum atomic E-state index is 12.2. The van der Waals surface area contributed by atoms with Gasteiger partial charge in [0.2, 0.25) is 5.91 Å². The van der Waals surface area contributed by atoms with Crippen LogP contribution < -0.4 is 10.1 Å². The molecule has 1 aromatic heterocycles. The molecule has 3 aromatic rings. The van der Waals surface area contributed by atoms with Gasteiger partial charge in [-0.05, 0) is 48.7 Å². The third kappa shape index (κ3) is 6.33. The number of nitrogens with zero attached hydrogens (tertiary/aromatic N) is 3. The summed E-state index contributed by atoms with van der Waals surface area (Å²) in [5.41, 5.74) is 2.04. The van der Waals surface area contributed by atoms with E-state index in [0.29, 0.717) is 0 Å². The van der Waals surface area contributed by atoms with Gasteiger partial charge in [-0.1, -0.05) is 45.9 Å². The fourth-order valence-corrected chi connectivity index (χ4v) is 3.95. The average molecular weight is 475 g/mol. The number of ether oxygens (including phenoxy) is 1. The van der Waals surface area contributed by atoms with Crippen LogP contribution in [0.2, 0.25) is 0 Å². The van der Waals surface area contributed by atoms with Crippen molar-refractivity contribution in [1.82, 2.24) is 14.8 Å². The first-order valence-corrected chi connectivity index (χ1v) is 11.0. The summed E-state index contributed by atoms with van der Waals surface area (Å²) < 4.78 is 8.07. The highest BCUT2D eigenvalue weighted by Crippen LogP contribution is 2.19. The quantitative estimate of drug-likeness (QED) is 0.462. The molecule has 0 saturated carbocycles. The molecule has 0 spiro atoms. The van der Waals surface area contributed by atoms with E-state index in [2.05, 4.69) is 43.6 Å². The molecule has 2 aromatic carbocycles. The summed E-state index contributed by atoms with van der Waals surface area (Å²) in [7, 11) is 3.61. The van der Waals surface area contributed by atoms with E-state index in [1.165, 1.54) is 17.3 Å². The zero-order chi connectivity index (χ0) is 20.6. The van der Waals surface area contributed by atoms with Gasteiger partial charge in [0.1, 0.15) is 11.6 Å². The topological polar surface area (TPSA) is 69.0 Å². The van der Waals surface area contributed by atoms with E-state index in [-0.39, 0.29) is 11.7 Å². The molecule has 1 heterocycles. The fraction of sp³-hybridized carbons (Fsp3) is 0.286. The normalized spacial score (nSPS) is 10.7. The minimum atomic E-state index is -0.0721. The zero-order valence-corrected chi connectivity index (χ0v) is 18.8. The lowest BCUT2D eigenvalue weighted by atomic mass is 10.1. The fourth-order valence-electron chi connectivity index (χ4n) is 2.82. The highest BCUT2D eigenvalue weighted by atomic mass is 79.9. The van der Waals surface area contributed by atoms with E-state index in [0.717, 1.165) is 46.2 Å². The number of nitrogens with one attached hydrogen (secondary N) is 1. The number of rotatable bonds is 9. The Morgan fingerprint density at radius 2 is 1.97 bits per heavy atom. The van der Waals surface area contributed by atoms with Crippen molar-refractivity contribution in [3.05, 3.63) is 64.4 Å². The Labute approximate surface area is 183 Å². The molecule has 0 bridgehead atoms. The Morgan fingerprint density at radius 1 is 1.17 bits per heavy atom. The molecule has 3 rings (SSSR count). The van der Waals surface area contributed by atoms with Crippen LogP contribution in [0.4, 0.5) is 5.69 Å². The van der Waals surface area contributed by atoms with Gasteiger partial charge in [0.05, 0.1) is 12.9 Å². The molecule has 0 aliphatic carbocycles. The molecule has 6 nitrogen and oxygen atoms in total. The molecule has 152 valence electrons. The maximum absolute atomic E-state index is 12.2. The summed E-state index contributed by atoms with van der Waals surface area (Å²) in [6.07, 6.45) is 2.78. The molecular weight excluding hydrogens is 452 g/mol. The lowest BCUT2D eigenvalue weighted by Gasteiger charge is -2.06. The first-order chi connectivity index (χ1) is 14.0. The standard InChI is InChI=1S/C21H23BrN4O2S/c1-26-19(8-3-5-15-9-11-18(28-2)12-10-15)24-25-21(26)29-14-20(27)23-17-7-4-6-16(22)13-17/h4,6-7,9-13H,3,5,8,14H2,1-2H3,(H,23,27). The van der Waals surface area contributed by atoms with E-state index in [1.807, 2.05) is 48.0 Å². The third-order valence-electron chi connectivity index (χ3n) is 4.39. The number of anilines is 1. The lowest BCUT2D eigenvalue weighted by Crippen LogP contribution is -2.14. The van der Waals surface area contributed by atoms with Crippen molar-refractivity contribution in [3.63, 3.8) is 0 Å². The van der Waals surface area contributed by atoms with Gasteiger partial charge in [-0.25, -0.2) is 0 Å². The molecule has 0 fully saturated rings. The van der Waals surface area contributed by atoms with Crippen LogP contribution in [0.25, 0.3) is 0 Å². The molecule has 8 heteroatoms. The average Bonchev–Trinajstić information content (AvgIpc) is 3.06. The van der Waals surface area contributed by atoms with Gasteiger partial charge in [-0.3, -0.25) is 4.79 Å². The zero-order valence-electron chi connectivity index (χ0n) is 16.4. The Balaban J connectivity index is 1.46. The number of hydrogen-bond acceptors (Lipinski definition) is 5. The molecular formula is C21H23BrN4O2S. The van der Waals surface area contributed by atoms with Crippen molar-refractivity contribution in [2.24, 2.45) is 7.05 Å². The number of thioether (sulfide) groups is 1. The van der Waals surface area contributed by atoms with Gasteiger partial charge in [0, 0.05) is 23.6 Å². The molecule has 1 N–H and O–H groups in total. The van der Waals surface area contributed by atoms with Crippen molar-refractivity contribution in [2.45, 2.75) is 24.4 Å². The van der Waals surface area contributed by atoms with Crippen LogP contribution in [0.5, 0.6) is 5.75 Å². The van der Waals surface area contributed by atoms with Crippen LogP contribution in [-0.4, -0.2) is 33.5 Å². The summed E-state index contributed by atoms with van der Waals surface area (Å²) in [5, 5.41) is 12.1. The summed E-state index contributed by atoms with van der Waals surface area (Å²) in [6, 6.07) is 15.6.